The van der Waals surface area contributed by atoms with Crippen LogP contribution in [0, 0.1) is 18.3 Å². The van der Waals surface area contributed by atoms with E-state index in [-0.39, 0.29) is 30.1 Å². The topological polar surface area (TPSA) is 102 Å². The first kappa shape index (κ1) is 25.0. The number of alkyl halides is 3. The normalized spacial score (nSPS) is 20.4. The molecule has 3 amide bonds. The van der Waals surface area contributed by atoms with E-state index in [1.165, 1.54) is 35.2 Å². The number of hydrogen-bond acceptors (Lipinski definition) is 5. The molecule has 2 aliphatic rings. The molecule has 1 aromatic carbocycles. The molecule has 33 heavy (non-hydrogen) atoms. The number of rotatable bonds is 4. The lowest BCUT2D eigenvalue weighted by molar-refractivity contribution is -0.138. The quantitative estimate of drug-likeness (QED) is 0.608. The number of imide groups is 1. The molecule has 0 saturated carbocycles. The Hall–Kier alpha value is -2.65. The van der Waals surface area contributed by atoms with E-state index < -0.39 is 50.8 Å². The van der Waals surface area contributed by atoms with Gasteiger partial charge in [-0.05, 0) is 58.2 Å². The molecule has 180 valence electrons. The number of piperidine rings is 1. The molecule has 0 atom stereocenters. The van der Waals surface area contributed by atoms with Crippen LogP contribution in [0.15, 0.2) is 12.1 Å². The summed E-state index contributed by atoms with van der Waals surface area (Å²) in [5.41, 5.74) is -3.73. The average Bonchev–Trinajstić information content (AvgIpc) is 2.91. The van der Waals surface area contributed by atoms with Gasteiger partial charge in [-0.2, -0.15) is 18.4 Å². The highest BCUT2D eigenvalue weighted by Crippen LogP contribution is 2.42. The second-order valence-corrected chi connectivity index (χ2v) is 10.9. The molecule has 2 aliphatic heterocycles. The summed E-state index contributed by atoms with van der Waals surface area (Å²) in [4.78, 5) is 28.7. The molecule has 0 unspecified atom stereocenters. The van der Waals surface area contributed by atoms with E-state index in [0.29, 0.717) is 12.8 Å². The molecule has 8 nitrogen and oxygen atoms in total. The van der Waals surface area contributed by atoms with Crippen LogP contribution >= 0.6 is 0 Å². The summed E-state index contributed by atoms with van der Waals surface area (Å²) < 4.78 is 66.5. The molecule has 0 spiro atoms. The van der Waals surface area contributed by atoms with Gasteiger partial charge in [-0.25, -0.2) is 22.4 Å². The van der Waals surface area contributed by atoms with Crippen molar-refractivity contribution in [2.45, 2.75) is 58.3 Å². The highest BCUT2D eigenvalue weighted by Gasteiger charge is 2.55. The molecule has 2 fully saturated rings. The molecule has 0 aliphatic carbocycles. The van der Waals surface area contributed by atoms with Crippen LogP contribution in [0.4, 0.5) is 23.7 Å². The van der Waals surface area contributed by atoms with Crippen LogP contribution in [0.25, 0.3) is 0 Å². The first-order valence-electron chi connectivity index (χ1n) is 10.4. The van der Waals surface area contributed by atoms with Crippen LogP contribution in [0.3, 0.4) is 0 Å². The molecule has 0 aromatic heterocycles. The molecule has 1 aromatic rings. The van der Waals surface area contributed by atoms with Crippen LogP contribution in [0.2, 0.25) is 0 Å². The fourth-order valence-electron chi connectivity index (χ4n) is 4.60. The Balaban J connectivity index is 1.98. The number of nitrogens with zero attached hydrogens (tertiary/aromatic N) is 4. The van der Waals surface area contributed by atoms with Gasteiger partial charge >= 0.3 is 12.2 Å². The minimum atomic E-state index is -4.84. The lowest BCUT2D eigenvalue weighted by Gasteiger charge is -2.40. The van der Waals surface area contributed by atoms with Gasteiger partial charge in [-0.1, -0.05) is 0 Å². The van der Waals surface area contributed by atoms with Crippen molar-refractivity contribution in [3.05, 3.63) is 28.8 Å². The number of urea groups is 1. The Morgan fingerprint density at radius 1 is 1.18 bits per heavy atom. The zero-order chi connectivity index (χ0) is 24.9. The van der Waals surface area contributed by atoms with Crippen molar-refractivity contribution in [3.63, 3.8) is 0 Å². The van der Waals surface area contributed by atoms with E-state index in [4.69, 9.17) is 5.26 Å². The smallest absolute Gasteiger partial charge is 0.307 e. The van der Waals surface area contributed by atoms with Crippen LogP contribution in [-0.4, -0.2) is 60.0 Å². The SMILES string of the molecule is CCS(=O)(=O)N1CCC(N2C(=O)N(c3ccc(C#N)c(C(F)(F)F)c3C)C(=O)C2(C)C)CC1. The Morgan fingerprint density at radius 2 is 1.76 bits per heavy atom. The van der Waals surface area contributed by atoms with E-state index >= 15 is 0 Å². The third kappa shape index (κ3) is 4.08. The summed E-state index contributed by atoms with van der Waals surface area (Å²) in [6.45, 7) is 6.08. The van der Waals surface area contributed by atoms with Crippen LogP contribution in [0.5, 0.6) is 0 Å². The van der Waals surface area contributed by atoms with Gasteiger partial charge in [-0.15, -0.1) is 0 Å². The second kappa shape index (κ2) is 8.29. The number of sulfonamides is 1. The zero-order valence-electron chi connectivity index (χ0n) is 18.7. The van der Waals surface area contributed by atoms with Crippen LogP contribution in [0.1, 0.15) is 50.3 Å². The zero-order valence-corrected chi connectivity index (χ0v) is 19.5. The molecule has 0 radical (unpaired) electrons. The van der Waals surface area contributed by atoms with Crippen molar-refractivity contribution < 1.29 is 31.2 Å². The first-order valence-corrected chi connectivity index (χ1v) is 12.1. The summed E-state index contributed by atoms with van der Waals surface area (Å²) in [5, 5.41) is 9.11. The third-order valence-corrected chi connectivity index (χ3v) is 8.24. The lowest BCUT2D eigenvalue weighted by Crippen LogP contribution is -2.54. The van der Waals surface area contributed by atoms with Gasteiger partial charge in [0.1, 0.15) is 5.54 Å². The first-order chi connectivity index (χ1) is 15.2. The number of hydrogen-bond donors (Lipinski definition) is 0. The van der Waals surface area contributed by atoms with Crippen molar-refractivity contribution >= 4 is 27.6 Å². The summed E-state index contributed by atoms with van der Waals surface area (Å²) in [5.74, 6) is -0.727. The van der Waals surface area contributed by atoms with Gasteiger partial charge in [0.25, 0.3) is 5.91 Å². The molecule has 0 bridgehead atoms. The van der Waals surface area contributed by atoms with Crippen LogP contribution in [-0.2, 0) is 21.0 Å². The standard InChI is InChI=1S/C21H25F3N4O4S/c1-5-33(31,32)26-10-8-15(9-11-26)28-19(30)27(18(29)20(28,3)4)16-7-6-14(12-25)17(13(16)2)21(22,23)24/h6-7,15H,5,8-11H2,1-4H3. The highest BCUT2D eigenvalue weighted by atomic mass is 32.2. The van der Waals surface area contributed by atoms with Gasteiger partial charge in [0.2, 0.25) is 10.0 Å². The molecule has 2 saturated heterocycles. The number of anilines is 1. The molecule has 12 heteroatoms. The fourth-order valence-corrected chi connectivity index (χ4v) is 5.73. The maximum absolute atomic E-state index is 13.6. The van der Waals surface area contributed by atoms with Crippen molar-refractivity contribution in [1.29, 1.82) is 5.26 Å². The van der Waals surface area contributed by atoms with Crippen molar-refractivity contribution in [2.75, 3.05) is 23.7 Å². The van der Waals surface area contributed by atoms with E-state index in [0.717, 1.165) is 17.9 Å². The predicted molar refractivity (Wildman–Crippen MR) is 114 cm³/mol. The monoisotopic (exact) mass is 486 g/mol. The van der Waals surface area contributed by atoms with Crippen molar-refractivity contribution in [3.8, 4) is 6.07 Å². The summed E-state index contributed by atoms with van der Waals surface area (Å²) in [6.07, 6.45) is -4.24. The minimum Gasteiger partial charge on any atom is -0.307 e. The molecule has 3 rings (SSSR count). The summed E-state index contributed by atoms with van der Waals surface area (Å²) in [6, 6.07) is 2.42. The number of carbonyl (C=O) groups excluding carboxylic acids is 2. The van der Waals surface area contributed by atoms with E-state index in [1.54, 1.807) is 6.92 Å². The second-order valence-electron chi connectivity index (χ2n) is 8.62. The largest absolute Gasteiger partial charge is 0.418 e. The van der Waals surface area contributed by atoms with Gasteiger partial charge in [0, 0.05) is 19.1 Å². The van der Waals surface area contributed by atoms with Crippen LogP contribution < -0.4 is 4.90 Å². The Labute approximate surface area is 190 Å². The van der Waals surface area contributed by atoms with E-state index in [1.807, 2.05) is 0 Å². The van der Waals surface area contributed by atoms with E-state index in [2.05, 4.69) is 0 Å². The summed E-state index contributed by atoms with van der Waals surface area (Å²) >= 11 is 0. The molecule has 2 heterocycles. The van der Waals surface area contributed by atoms with Crippen molar-refractivity contribution in [1.82, 2.24) is 9.21 Å². The number of amides is 3. The van der Waals surface area contributed by atoms with Gasteiger partial charge in [0.05, 0.1) is 28.6 Å². The maximum Gasteiger partial charge on any atom is 0.418 e. The maximum atomic E-state index is 13.6. The highest BCUT2D eigenvalue weighted by molar-refractivity contribution is 7.89. The third-order valence-electron chi connectivity index (χ3n) is 6.35. The number of nitriles is 1. The summed E-state index contributed by atoms with van der Waals surface area (Å²) in [7, 11) is -3.39. The molecule has 0 N–H and O–H groups in total. The number of halogens is 3. The number of carbonyl (C=O) groups is 2. The molecular weight excluding hydrogens is 461 g/mol. The molecular formula is C21H25F3N4O4S. The Bertz CT molecular complexity index is 1130. The van der Waals surface area contributed by atoms with E-state index in [9.17, 15) is 31.2 Å². The lowest BCUT2D eigenvalue weighted by atomic mass is 9.96. The van der Waals surface area contributed by atoms with Gasteiger partial charge in [0.15, 0.2) is 0 Å². The minimum absolute atomic E-state index is 0.0441. The van der Waals surface area contributed by atoms with Gasteiger partial charge < -0.3 is 4.90 Å². The number of benzene rings is 1. The van der Waals surface area contributed by atoms with Crippen molar-refractivity contribution in [2.24, 2.45) is 0 Å². The fraction of sp³-hybridized carbons (Fsp3) is 0.571. The van der Waals surface area contributed by atoms with Gasteiger partial charge in [-0.3, -0.25) is 4.79 Å². The Kier molecular flexibility index (Phi) is 6.27. The average molecular weight is 487 g/mol. The predicted octanol–water partition coefficient (Wildman–Crippen LogP) is 3.25. The Morgan fingerprint density at radius 3 is 2.24 bits per heavy atom.